The third kappa shape index (κ3) is 2.13. The summed E-state index contributed by atoms with van der Waals surface area (Å²) in [6.07, 6.45) is 2.32. The van der Waals surface area contributed by atoms with Gasteiger partial charge in [-0.3, -0.25) is 0 Å². The fourth-order valence-corrected chi connectivity index (χ4v) is 2.21. The lowest BCUT2D eigenvalue weighted by Gasteiger charge is -1.97. The molecular weight excluding hydrogens is 266 g/mol. The van der Waals surface area contributed by atoms with Crippen molar-refractivity contribution in [2.24, 2.45) is 0 Å². The van der Waals surface area contributed by atoms with E-state index in [1.54, 1.807) is 7.05 Å². The number of anilines is 1. The summed E-state index contributed by atoms with van der Waals surface area (Å²) < 4.78 is 5.40. The van der Waals surface area contributed by atoms with Crippen LogP contribution in [0.15, 0.2) is 28.8 Å². The van der Waals surface area contributed by atoms with Crippen LogP contribution >= 0.6 is 11.6 Å². The van der Waals surface area contributed by atoms with Crippen molar-refractivity contribution in [2.45, 2.75) is 6.42 Å². The number of hydrogen-bond acceptors (Lipinski definition) is 4. The number of H-pyrrole nitrogens is 1. The smallest absolute Gasteiger partial charge is 0.297 e. The van der Waals surface area contributed by atoms with Crippen molar-refractivity contribution in [3.63, 3.8) is 0 Å². The van der Waals surface area contributed by atoms with E-state index in [9.17, 15) is 5.11 Å². The lowest BCUT2D eigenvalue weighted by atomic mass is 10.1. The second-order valence-electron chi connectivity index (χ2n) is 4.20. The molecule has 2 aromatic heterocycles. The van der Waals surface area contributed by atoms with E-state index in [4.69, 9.17) is 16.0 Å². The molecule has 0 aliphatic carbocycles. The Bertz CT molecular complexity index is 733. The summed E-state index contributed by atoms with van der Waals surface area (Å²) in [4.78, 5) is 7.01. The average molecular weight is 278 g/mol. The third-order valence-electron chi connectivity index (χ3n) is 2.97. The number of nitrogens with one attached hydrogen (secondary N) is 2. The van der Waals surface area contributed by atoms with Crippen molar-refractivity contribution in [2.75, 3.05) is 12.4 Å². The molecule has 0 saturated heterocycles. The van der Waals surface area contributed by atoms with E-state index >= 15 is 0 Å². The molecule has 0 aliphatic rings. The van der Waals surface area contributed by atoms with Crippen molar-refractivity contribution < 1.29 is 9.52 Å². The van der Waals surface area contributed by atoms with Crippen molar-refractivity contribution in [3.05, 3.63) is 40.7 Å². The molecule has 0 radical (unpaired) electrons. The lowest BCUT2D eigenvalue weighted by Crippen LogP contribution is -1.86. The fourth-order valence-electron chi connectivity index (χ4n) is 2.04. The van der Waals surface area contributed by atoms with E-state index in [1.807, 2.05) is 24.4 Å². The third-order valence-corrected chi connectivity index (χ3v) is 3.21. The van der Waals surface area contributed by atoms with Gasteiger partial charge in [-0.15, -0.1) is 0 Å². The number of aromatic hydroxyl groups is 1. The molecule has 0 spiro atoms. The molecule has 3 aromatic rings. The molecule has 1 aromatic carbocycles. The summed E-state index contributed by atoms with van der Waals surface area (Å²) in [5.41, 5.74) is 1.99. The summed E-state index contributed by atoms with van der Waals surface area (Å²) in [5.74, 6) is 0.325. The molecule has 19 heavy (non-hydrogen) atoms. The Hall–Kier alpha value is -2.14. The van der Waals surface area contributed by atoms with Gasteiger partial charge in [0.05, 0.1) is 0 Å². The number of benzene rings is 1. The van der Waals surface area contributed by atoms with Crippen LogP contribution in [0, 0.1) is 0 Å². The Kier molecular flexibility index (Phi) is 2.83. The highest BCUT2D eigenvalue weighted by molar-refractivity contribution is 6.31. The summed E-state index contributed by atoms with van der Waals surface area (Å²) in [6, 6.07) is 5.93. The maximum Gasteiger partial charge on any atom is 0.297 e. The number of rotatable bonds is 3. The normalized spacial score (nSPS) is 11.1. The minimum Gasteiger partial charge on any atom is -0.491 e. The summed E-state index contributed by atoms with van der Waals surface area (Å²) in [6.45, 7) is 0. The number of aromatic nitrogens is 2. The molecule has 3 rings (SSSR count). The quantitative estimate of drug-likeness (QED) is 0.687. The lowest BCUT2D eigenvalue weighted by molar-refractivity contribution is 0.432. The van der Waals surface area contributed by atoms with E-state index < -0.39 is 0 Å². The van der Waals surface area contributed by atoms with Crippen LogP contribution in [0.2, 0.25) is 5.02 Å². The van der Waals surface area contributed by atoms with Gasteiger partial charge in [-0.05, 0) is 23.8 Å². The Morgan fingerprint density at radius 1 is 1.47 bits per heavy atom. The average Bonchev–Trinajstić information content (AvgIpc) is 2.95. The number of nitrogens with zero attached hydrogens (tertiary/aromatic N) is 1. The maximum atomic E-state index is 9.71. The van der Waals surface area contributed by atoms with Crippen molar-refractivity contribution in [1.82, 2.24) is 9.97 Å². The molecule has 0 fully saturated rings. The van der Waals surface area contributed by atoms with Crippen molar-refractivity contribution >= 4 is 28.5 Å². The molecule has 3 N–H and O–H groups in total. The molecule has 0 amide bonds. The summed E-state index contributed by atoms with van der Waals surface area (Å²) >= 11 is 6.00. The highest BCUT2D eigenvalue weighted by Gasteiger charge is 2.14. The second kappa shape index (κ2) is 4.51. The summed E-state index contributed by atoms with van der Waals surface area (Å²) in [5, 5.41) is 14.1. The maximum absolute atomic E-state index is 9.71. The zero-order valence-corrected chi connectivity index (χ0v) is 11.0. The summed E-state index contributed by atoms with van der Waals surface area (Å²) in [7, 11) is 1.68. The van der Waals surface area contributed by atoms with Gasteiger partial charge in [-0.1, -0.05) is 11.6 Å². The van der Waals surface area contributed by atoms with E-state index in [1.165, 1.54) is 0 Å². The molecule has 6 heteroatoms. The second-order valence-corrected chi connectivity index (χ2v) is 4.63. The molecule has 0 aliphatic heterocycles. The zero-order chi connectivity index (χ0) is 13.4. The molecule has 0 atom stereocenters. The van der Waals surface area contributed by atoms with Crippen molar-refractivity contribution in [1.29, 1.82) is 0 Å². The van der Waals surface area contributed by atoms with E-state index in [-0.39, 0.29) is 5.88 Å². The number of fused-ring (bicyclic) bond motifs is 1. The Morgan fingerprint density at radius 2 is 2.32 bits per heavy atom. The van der Waals surface area contributed by atoms with Crippen molar-refractivity contribution in [3.8, 4) is 5.88 Å². The molecule has 0 bridgehead atoms. The van der Waals surface area contributed by atoms with Crippen LogP contribution in [0.4, 0.5) is 6.01 Å². The molecule has 0 unspecified atom stereocenters. The first-order valence-electron chi connectivity index (χ1n) is 5.79. The number of halogens is 1. The van der Waals surface area contributed by atoms with Gasteiger partial charge in [-0.25, -0.2) is 0 Å². The first-order chi connectivity index (χ1) is 9.17. The largest absolute Gasteiger partial charge is 0.491 e. The Labute approximate surface area is 114 Å². The Balaban J connectivity index is 2.00. The van der Waals surface area contributed by atoms with E-state index in [2.05, 4.69) is 15.3 Å². The predicted molar refractivity (Wildman–Crippen MR) is 73.8 cm³/mol. The monoisotopic (exact) mass is 277 g/mol. The van der Waals surface area contributed by atoms with Gasteiger partial charge in [0.1, 0.15) is 0 Å². The zero-order valence-electron chi connectivity index (χ0n) is 10.2. The van der Waals surface area contributed by atoms with E-state index in [0.717, 1.165) is 16.5 Å². The van der Waals surface area contributed by atoms with Gasteiger partial charge in [0.25, 0.3) is 11.9 Å². The van der Waals surface area contributed by atoms with Gasteiger partial charge in [0.2, 0.25) is 0 Å². The fraction of sp³-hybridized carbons (Fsp3) is 0.154. The minimum atomic E-state index is -0.0965. The van der Waals surface area contributed by atoms with Crippen LogP contribution < -0.4 is 5.32 Å². The van der Waals surface area contributed by atoms with Gasteiger partial charge < -0.3 is 19.8 Å². The number of hydrogen-bond donors (Lipinski definition) is 3. The van der Waals surface area contributed by atoms with Crippen LogP contribution in [0.3, 0.4) is 0 Å². The topological polar surface area (TPSA) is 74.1 Å². The van der Waals surface area contributed by atoms with Gasteiger partial charge >= 0.3 is 0 Å². The van der Waals surface area contributed by atoms with Crippen LogP contribution in [0.5, 0.6) is 5.88 Å². The molecule has 0 saturated carbocycles. The Morgan fingerprint density at radius 3 is 3.05 bits per heavy atom. The highest BCUT2D eigenvalue weighted by Crippen LogP contribution is 2.28. The first-order valence-corrected chi connectivity index (χ1v) is 6.17. The number of aromatic amines is 1. The molecule has 5 nitrogen and oxygen atoms in total. The van der Waals surface area contributed by atoms with Crippen LogP contribution in [-0.2, 0) is 6.42 Å². The number of oxazole rings is 1. The molecule has 2 heterocycles. The first kappa shape index (κ1) is 11.9. The van der Waals surface area contributed by atoms with Crippen LogP contribution in [0.1, 0.15) is 11.3 Å². The molecular formula is C13H12ClN3O2. The standard InChI is InChI=1S/C13H12ClN3O2/c1-15-13-17-12(18)11(19-13)4-7-6-16-10-3-2-8(14)5-9(7)10/h2-3,5-6,16,18H,4H2,1H3,(H,15,17). The van der Waals surface area contributed by atoms with Gasteiger partial charge in [0, 0.05) is 35.6 Å². The van der Waals surface area contributed by atoms with E-state index in [0.29, 0.717) is 23.2 Å². The molecule has 98 valence electrons. The minimum absolute atomic E-state index is 0.0965. The van der Waals surface area contributed by atoms with Crippen LogP contribution in [-0.4, -0.2) is 22.1 Å². The predicted octanol–water partition coefficient (Wildman–Crippen LogP) is 3.15. The van der Waals surface area contributed by atoms with Gasteiger partial charge in [0.15, 0.2) is 5.76 Å². The van der Waals surface area contributed by atoms with Crippen LogP contribution in [0.25, 0.3) is 10.9 Å². The van der Waals surface area contributed by atoms with Gasteiger partial charge in [-0.2, -0.15) is 4.98 Å². The SMILES string of the molecule is CNc1nc(O)c(Cc2c[nH]c3ccc(Cl)cc23)o1. The highest BCUT2D eigenvalue weighted by atomic mass is 35.5.